The molecule has 102 valence electrons. The third-order valence-electron chi connectivity index (χ3n) is 2.69. The van der Waals surface area contributed by atoms with E-state index < -0.39 is 0 Å². The lowest BCUT2D eigenvalue weighted by molar-refractivity contribution is 0.410. The van der Waals surface area contributed by atoms with Gasteiger partial charge in [0.15, 0.2) is 0 Å². The minimum Gasteiger partial charge on any atom is -0.496 e. The summed E-state index contributed by atoms with van der Waals surface area (Å²) in [4.78, 5) is 0. The Labute approximate surface area is 112 Å². The maximum atomic E-state index is 5.64. The van der Waals surface area contributed by atoms with E-state index in [4.69, 9.17) is 14.9 Å². The highest BCUT2D eigenvalue weighted by atomic mass is 16.5. The molecule has 19 heavy (non-hydrogen) atoms. The molecule has 0 bridgehead atoms. The first kappa shape index (κ1) is 13.4. The van der Waals surface area contributed by atoms with Crippen molar-refractivity contribution in [3.63, 3.8) is 0 Å². The van der Waals surface area contributed by atoms with Gasteiger partial charge >= 0.3 is 6.01 Å². The fourth-order valence-electron chi connectivity index (χ4n) is 1.70. The minimum atomic E-state index is -0.253. The molecular formula is C13H18N4O2. The normalized spacial score (nSPS) is 12.2. The average molecular weight is 262 g/mol. The largest absolute Gasteiger partial charge is 0.496 e. The third kappa shape index (κ3) is 3.45. The number of nitrogens with two attached hydrogens (primary N) is 1. The summed E-state index contributed by atoms with van der Waals surface area (Å²) >= 11 is 0. The molecule has 0 aliphatic heterocycles. The van der Waals surface area contributed by atoms with Crippen molar-refractivity contribution in [3.05, 3.63) is 35.7 Å². The van der Waals surface area contributed by atoms with Crippen LogP contribution < -0.4 is 15.8 Å². The van der Waals surface area contributed by atoms with Crippen LogP contribution in [0.25, 0.3) is 0 Å². The predicted octanol–water partition coefficient (Wildman–Crippen LogP) is 1.75. The van der Waals surface area contributed by atoms with Gasteiger partial charge in [-0.25, -0.2) is 0 Å². The van der Waals surface area contributed by atoms with Crippen molar-refractivity contribution in [2.24, 2.45) is 5.73 Å². The van der Waals surface area contributed by atoms with Crippen LogP contribution in [-0.2, 0) is 6.42 Å². The zero-order valence-corrected chi connectivity index (χ0v) is 11.1. The van der Waals surface area contributed by atoms with E-state index in [1.807, 2.05) is 24.3 Å². The van der Waals surface area contributed by atoms with Gasteiger partial charge in [0.05, 0.1) is 13.2 Å². The van der Waals surface area contributed by atoms with E-state index in [0.29, 0.717) is 18.5 Å². The quantitative estimate of drug-likeness (QED) is 0.824. The Bertz CT molecular complexity index is 525. The molecule has 0 fully saturated rings. The van der Waals surface area contributed by atoms with Crippen LogP contribution in [0.15, 0.2) is 28.7 Å². The standard InChI is InChI=1S/C13H18N4O2/c1-9(14)12-16-17-13(19-12)15-8-7-10-5-3-4-6-11(10)18-2/h3-6,9H,7-8,14H2,1-2H3,(H,15,17). The van der Waals surface area contributed by atoms with Crippen LogP contribution in [-0.4, -0.2) is 23.9 Å². The second-order valence-corrected chi connectivity index (χ2v) is 4.22. The highest BCUT2D eigenvalue weighted by molar-refractivity contribution is 5.34. The first-order valence-electron chi connectivity index (χ1n) is 6.15. The van der Waals surface area contributed by atoms with E-state index in [1.165, 1.54) is 0 Å². The van der Waals surface area contributed by atoms with Crippen LogP contribution >= 0.6 is 0 Å². The average Bonchev–Trinajstić information content (AvgIpc) is 2.88. The van der Waals surface area contributed by atoms with Crippen molar-refractivity contribution in [2.45, 2.75) is 19.4 Å². The Morgan fingerprint density at radius 3 is 2.84 bits per heavy atom. The maximum absolute atomic E-state index is 5.64. The van der Waals surface area contributed by atoms with E-state index in [0.717, 1.165) is 17.7 Å². The molecule has 0 radical (unpaired) electrons. The number of aromatic nitrogens is 2. The van der Waals surface area contributed by atoms with Crippen molar-refractivity contribution < 1.29 is 9.15 Å². The second-order valence-electron chi connectivity index (χ2n) is 4.22. The summed E-state index contributed by atoms with van der Waals surface area (Å²) < 4.78 is 10.6. The van der Waals surface area contributed by atoms with Gasteiger partial charge in [0.25, 0.3) is 0 Å². The molecule has 1 aromatic carbocycles. The Kier molecular flexibility index (Phi) is 4.35. The fourth-order valence-corrected chi connectivity index (χ4v) is 1.70. The molecule has 0 saturated heterocycles. The number of hydrogen-bond donors (Lipinski definition) is 2. The molecule has 2 aromatic rings. The molecule has 1 aromatic heterocycles. The number of nitrogens with one attached hydrogen (secondary N) is 1. The first-order chi connectivity index (χ1) is 9.20. The Morgan fingerprint density at radius 2 is 2.16 bits per heavy atom. The van der Waals surface area contributed by atoms with E-state index >= 15 is 0 Å². The molecule has 0 amide bonds. The summed E-state index contributed by atoms with van der Waals surface area (Å²) in [7, 11) is 1.67. The minimum absolute atomic E-state index is 0.253. The number of para-hydroxylation sites is 1. The monoisotopic (exact) mass is 262 g/mol. The number of anilines is 1. The Morgan fingerprint density at radius 1 is 1.37 bits per heavy atom. The first-order valence-corrected chi connectivity index (χ1v) is 6.15. The van der Waals surface area contributed by atoms with Gasteiger partial charge in [-0.3, -0.25) is 0 Å². The smallest absolute Gasteiger partial charge is 0.315 e. The van der Waals surface area contributed by atoms with Crippen molar-refractivity contribution in [3.8, 4) is 5.75 Å². The molecule has 0 aliphatic rings. The topological polar surface area (TPSA) is 86.2 Å². The maximum Gasteiger partial charge on any atom is 0.315 e. The number of rotatable bonds is 6. The summed E-state index contributed by atoms with van der Waals surface area (Å²) in [5.74, 6) is 1.31. The molecule has 1 atom stereocenters. The summed E-state index contributed by atoms with van der Waals surface area (Å²) in [6.07, 6.45) is 0.805. The van der Waals surface area contributed by atoms with Crippen LogP contribution in [0.5, 0.6) is 5.75 Å². The highest BCUT2D eigenvalue weighted by Crippen LogP contribution is 2.18. The summed E-state index contributed by atoms with van der Waals surface area (Å²) in [5.41, 5.74) is 6.77. The van der Waals surface area contributed by atoms with Gasteiger partial charge in [-0.2, -0.15) is 0 Å². The van der Waals surface area contributed by atoms with E-state index in [9.17, 15) is 0 Å². The fraction of sp³-hybridized carbons (Fsp3) is 0.385. The molecule has 2 rings (SSSR count). The van der Waals surface area contributed by atoms with Gasteiger partial charge in [-0.05, 0) is 25.0 Å². The van der Waals surface area contributed by atoms with Crippen molar-refractivity contribution in [1.29, 1.82) is 0 Å². The van der Waals surface area contributed by atoms with Gasteiger partial charge in [-0.15, -0.1) is 5.10 Å². The van der Waals surface area contributed by atoms with Gasteiger partial charge in [-0.1, -0.05) is 23.3 Å². The lowest BCUT2D eigenvalue weighted by Crippen LogP contribution is -2.06. The highest BCUT2D eigenvalue weighted by Gasteiger charge is 2.09. The second kappa shape index (κ2) is 6.19. The van der Waals surface area contributed by atoms with Gasteiger partial charge < -0.3 is 20.2 Å². The van der Waals surface area contributed by atoms with Crippen LogP contribution in [0.4, 0.5) is 6.01 Å². The zero-order chi connectivity index (χ0) is 13.7. The van der Waals surface area contributed by atoms with E-state index in [-0.39, 0.29) is 6.04 Å². The van der Waals surface area contributed by atoms with Crippen LogP contribution in [0, 0.1) is 0 Å². The van der Waals surface area contributed by atoms with Crippen LogP contribution in [0.2, 0.25) is 0 Å². The molecular weight excluding hydrogens is 244 g/mol. The lowest BCUT2D eigenvalue weighted by Gasteiger charge is -2.07. The Hall–Kier alpha value is -2.08. The number of benzene rings is 1. The van der Waals surface area contributed by atoms with Crippen molar-refractivity contribution in [1.82, 2.24) is 10.2 Å². The molecule has 0 saturated carbocycles. The van der Waals surface area contributed by atoms with Gasteiger partial charge in [0, 0.05) is 6.54 Å². The summed E-state index contributed by atoms with van der Waals surface area (Å²) in [6.45, 7) is 2.48. The SMILES string of the molecule is COc1ccccc1CCNc1nnc(C(C)N)o1. The number of methoxy groups -OCH3 is 1. The molecule has 0 spiro atoms. The van der Waals surface area contributed by atoms with Crippen LogP contribution in [0.3, 0.4) is 0 Å². The Balaban J connectivity index is 1.89. The number of nitrogens with zero attached hydrogens (tertiary/aromatic N) is 2. The number of ether oxygens (including phenoxy) is 1. The molecule has 6 nitrogen and oxygen atoms in total. The van der Waals surface area contributed by atoms with Crippen molar-refractivity contribution >= 4 is 6.01 Å². The van der Waals surface area contributed by atoms with Gasteiger partial charge in [0.1, 0.15) is 5.75 Å². The van der Waals surface area contributed by atoms with E-state index in [1.54, 1.807) is 14.0 Å². The molecule has 1 heterocycles. The third-order valence-corrected chi connectivity index (χ3v) is 2.69. The molecule has 1 unspecified atom stereocenters. The van der Waals surface area contributed by atoms with Crippen LogP contribution in [0.1, 0.15) is 24.4 Å². The summed E-state index contributed by atoms with van der Waals surface area (Å²) in [6, 6.07) is 8.04. The lowest BCUT2D eigenvalue weighted by atomic mass is 10.1. The number of hydrogen-bond acceptors (Lipinski definition) is 6. The molecule has 6 heteroatoms. The predicted molar refractivity (Wildman–Crippen MR) is 72.1 cm³/mol. The zero-order valence-electron chi connectivity index (χ0n) is 11.1. The van der Waals surface area contributed by atoms with Gasteiger partial charge in [0.2, 0.25) is 5.89 Å². The summed E-state index contributed by atoms with van der Waals surface area (Å²) in [5, 5.41) is 10.8. The van der Waals surface area contributed by atoms with E-state index in [2.05, 4.69) is 15.5 Å². The van der Waals surface area contributed by atoms with Crippen molar-refractivity contribution in [2.75, 3.05) is 19.0 Å². The molecule has 3 N–H and O–H groups in total. The molecule has 0 aliphatic carbocycles.